The van der Waals surface area contributed by atoms with Crippen molar-refractivity contribution in [2.24, 2.45) is 0 Å². The fraction of sp³-hybridized carbons (Fsp3) is 0.304. The molecule has 3 aromatic rings. The summed E-state index contributed by atoms with van der Waals surface area (Å²) in [5.74, 6) is -0.296. The van der Waals surface area contributed by atoms with Crippen LogP contribution in [0.4, 0.5) is 23.4 Å². The minimum Gasteiger partial charge on any atom is -0.353 e. The zero-order chi connectivity index (χ0) is 24.5. The van der Waals surface area contributed by atoms with Crippen LogP contribution in [0.25, 0.3) is 11.3 Å². The van der Waals surface area contributed by atoms with Crippen LogP contribution in [0, 0.1) is 5.82 Å². The van der Waals surface area contributed by atoms with E-state index in [1.165, 1.54) is 42.5 Å². The van der Waals surface area contributed by atoms with Gasteiger partial charge in [-0.1, -0.05) is 0 Å². The van der Waals surface area contributed by atoms with Gasteiger partial charge in [-0.3, -0.25) is 9.59 Å². The number of pyridine rings is 1. The molecule has 1 aliphatic rings. The van der Waals surface area contributed by atoms with E-state index in [0.29, 0.717) is 43.3 Å². The van der Waals surface area contributed by atoms with Gasteiger partial charge in [-0.25, -0.2) is 14.1 Å². The van der Waals surface area contributed by atoms with E-state index in [1.54, 1.807) is 16.7 Å². The van der Waals surface area contributed by atoms with Gasteiger partial charge in [-0.15, -0.1) is 0 Å². The van der Waals surface area contributed by atoms with Gasteiger partial charge in [-0.05, 0) is 49.4 Å². The van der Waals surface area contributed by atoms with Gasteiger partial charge in [-0.2, -0.15) is 18.3 Å². The van der Waals surface area contributed by atoms with E-state index in [9.17, 15) is 27.2 Å². The van der Waals surface area contributed by atoms with Gasteiger partial charge in [0.2, 0.25) is 5.91 Å². The Labute approximate surface area is 192 Å². The number of alkyl halides is 3. The van der Waals surface area contributed by atoms with Gasteiger partial charge in [0, 0.05) is 44.0 Å². The van der Waals surface area contributed by atoms with Crippen molar-refractivity contribution in [2.45, 2.75) is 19.1 Å². The lowest BCUT2D eigenvalue weighted by Crippen LogP contribution is -2.51. The number of anilines is 1. The Balaban J connectivity index is 1.43. The highest BCUT2D eigenvalue weighted by molar-refractivity contribution is 5.80. The number of hydrogen-bond donors (Lipinski definition) is 0. The SMILES string of the molecule is C[C@H](C(=O)N1CCN(c2ccc(C(F)(F)F)cn2)CC1)n1nc(-c2ccc(F)cc2)ccc1=O. The molecule has 7 nitrogen and oxygen atoms in total. The Bertz CT molecular complexity index is 1220. The molecule has 1 atom stereocenters. The zero-order valence-electron chi connectivity index (χ0n) is 18.2. The summed E-state index contributed by atoms with van der Waals surface area (Å²) in [7, 11) is 0. The Hall–Kier alpha value is -3.76. The van der Waals surface area contributed by atoms with E-state index in [2.05, 4.69) is 10.1 Å². The van der Waals surface area contributed by atoms with Crippen LogP contribution in [0.5, 0.6) is 0 Å². The monoisotopic (exact) mass is 475 g/mol. The van der Waals surface area contributed by atoms with Crippen LogP contribution in [-0.2, 0) is 11.0 Å². The second-order valence-electron chi connectivity index (χ2n) is 7.90. The van der Waals surface area contributed by atoms with Crippen molar-refractivity contribution in [3.8, 4) is 11.3 Å². The van der Waals surface area contributed by atoms with E-state index < -0.39 is 29.2 Å². The highest BCUT2D eigenvalue weighted by Crippen LogP contribution is 2.29. The number of halogens is 4. The molecule has 1 aromatic carbocycles. The molecule has 34 heavy (non-hydrogen) atoms. The molecule has 0 N–H and O–H groups in total. The number of hydrogen-bond acceptors (Lipinski definition) is 5. The summed E-state index contributed by atoms with van der Waals surface area (Å²) >= 11 is 0. The molecule has 1 fully saturated rings. The van der Waals surface area contributed by atoms with E-state index in [0.717, 1.165) is 16.9 Å². The maximum Gasteiger partial charge on any atom is 0.417 e. The third-order valence-electron chi connectivity index (χ3n) is 5.68. The molecule has 0 spiro atoms. The maximum absolute atomic E-state index is 13.2. The van der Waals surface area contributed by atoms with Gasteiger partial charge < -0.3 is 9.80 Å². The van der Waals surface area contributed by atoms with Crippen molar-refractivity contribution in [2.75, 3.05) is 31.1 Å². The fourth-order valence-corrected chi connectivity index (χ4v) is 3.74. The molecule has 0 saturated carbocycles. The standard InChI is InChI=1S/C23H21F4N5O2/c1-15(32-21(33)9-7-19(29-32)16-2-5-18(24)6-3-16)22(34)31-12-10-30(11-13-31)20-8-4-17(14-28-20)23(25,26)27/h2-9,14-15H,10-13H2,1H3/t15-/m1/s1. The Morgan fingerprint density at radius 3 is 2.24 bits per heavy atom. The molecule has 1 aliphatic heterocycles. The highest BCUT2D eigenvalue weighted by Gasteiger charge is 2.31. The van der Waals surface area contributed by atoms with E-state index >= 15 is 0 Å². The average molecular weight is 475 g/mol. The van der Waals surface area contributed by atoms with Crippen LogP contribution in [0.15, 0.2) is 59.5 Å². The van der Waals surface area contributed by atoms with E-state index in [4.69, 9.17) is 0 Å². The lowest BCUT2D eigenvalue weighted by molar-refractivity contribution is -0.138. The number of carbonyl (C=O) groups excluding carboxylic acids is 1. The van der Waals surface area contributed by atoms with Gasteiger partial charge in [0.15, 0.2) is 0 Å². The molecule has 3 heterocycles. The summed E-state index contributed by atoms with van der Waals surface area (Å²) in [4.78, 5) is 32.7. The van der Waals surface area contributed by atoms with Crippen molar-refractivity contribution in [3.63, 3.8) is 0 Å². The maximum atomic E-state index is 13.2. The van der Waals surface area contributed by atoms with Crippen molar-refractivity contribution >= 4 is 11.7 Å². The molecule has 0 unspecified atom stereocenters. The second kappa shape index (κ2) is 9.24. The minimum atomic E-state index is -4.45. The van der Waals surface area contributed by atoms with Crippen LogP contribution in [0.1, 0.15) is 18.5 Å². The van der Waals surface area contributed by atoms with Crippen LogP contribution in [0.3, 0.4) is 0 Å². The average Bonchev–Trinajstić information content (AvgIpc) is 2.84. The number of carbonyl (C=O) groups is 1. The highest BCUT2D eigenvalue weighted by atomic mass is 19.4. The fourth-order valence-electron chi connectivity index (χ4n) is 3.74. The number of rotatable bonds is 4. The zero-order valence-corrected chi connectivity index (χ0v) is 18.2. The van der Waals surface area contributed by atoms with Crippen LogP contribution in [0.2, 0.25) is 0 Å². The number of aromatic nitrogens is 3. The molecule has 1 saturated heterocycles. The minimum absolute atomic E-state index is 0.300. The molecule has 0 aliphatic carbocycles. The summed E-state index contributed by atoms with van der Waals surface area (Å²) in [6, 6.07) is 9.88. The molecule has 2 aromatic heterocycles. The lowest BCUT2D eigenvalue weighted by Gasteiger charge is -2.36. The van der Waals surface area contributed by atoms with Crippen molar-refractivity contribution in [3.05, 3.63) is 76.5 Å². The number of amides is 1. The summed E-state index contributed by atoms with van der Waals surface area (Å²) in [6.07, 6.45) is -3.66. The van der Waals surface area contributed by atoms with E-state index in [-0.39, 0.29) is 5.91 Å². The molecule has 11 heteroatoms. The first kappa shape index (κ1) is 23.4. The summed E-state index contributed by atoms with van der Waals surface area (Å²) < 4.78 is 52.5. The third-order valence-corrected chi connectivity index (χ3v) is 5.68. The Morgan fingerprint density at radius 1 is 0.971 bits per heavy atom. The largest absolute Gasteiger partial charge is 0.417 e. The quantitative estimate of drug-likeness (QED) is 0.542. The number of benzene rings is 1. The summed E-state index contributed by atoms with van der Waals surface area (Å²) in [5.41, 5.74) is -0.232. The van der Waals surface area contributed by atoms with Gasteiger partial charge in [0.25, 0.3) is 5.56 Å². The van der Waals surface area contributed by atoms with Gasteiger partial charge in [0.05, 0.1) is 11.3 Å². The van der Waals surface area contributed by atoms with E-state index in [1.807, 2.05) is 0 Å². The molecule has 178 valence electrons. The van der Waals surface area contributed by atoms with Crippen LogP contribution >= 0.6 is 0 Å². The predicted octanol–water partition coefficient (Wildman–Crippen LogP) is 3.37. The van der Waals surface area contributed by atoms with Crippen LogP contribution in [-0.4, -0.2) is 51.8 Å². The topological polar surface area (TPSA) is 71.3 Å². The molecule has 4 rings (SSSR count). The molecule has 0 radical (unpaired) electrons. The Kier molecular flexibility index (Phi) is 6.36. The van der Waals surface area contributed by atoms with Gasteiger partial charge in [0.1, 0.15) is 17.7 Å². The molecule has 1 amide bonds. The normalized spacial score (nSPS) is 15.3. The predicted molar refractivity (Wildman–Crippen MR) is 117 cm³/mol. The van der Waals surface area contributed by atoms with Crippen molar-refractivity contribution < 1.29 is 22.4 Å². The number of piperazine rings is 1. The van der Waals surface area contributed by atoms with Crippen molar-refractivity contribution in [1.82, 2.24) is 19.7 Å². The molecular weight excluding hydrogens is 454 g/mol. The third kappa shape index (κ3) is 4.92. The summed E-state index contributed by atoms with van der Waals surface area (Å²) in [5, 5.41) is 4.30. The molecule has 0 bridgehead atoms. The second-order valence-corrected chi connectivity index (χ2v) is 7.90. The first-order valence-electron chi connectivity index (χ1n) is 10.6. The van der Waals surface area contributed by atoms with Crippen molar-refractivity contribution in [1.29, 1.82) is 0 Å². The first-order chi connectivity index (χ1) is 16.1. The number of nitrogens with zero attached hydrogens (tertiary/aromatic N) is 5. The van der Waals surface area contributed by atoms with Gasteiger partial charge >= 0.3 is 6.18 Å². The lowest BCUT2D eigenvalue weighted by atomic mass is 10.1. The summed E-state index contributed by atoms with van der Waals surface area (Å²) in [6.45, 7) is 2.98. The first-order valence-corrected chi connectivity index (χ1v) is 10.6. The Morgan fingerprint density at radius 2 is 1.65 bits per heavy atom. The molecular formula is C23H21F4N5O2. The van der Waals surface area contributed by atoms with Crippen LogP contribution < -0.4 is 10.5 Å². The smallest absolute Gasteiger partial charge is 0.353 e.